The molecule has 0 unspecified atom stereocenters. The highest BCUT2D eigenvalue weighted by Crippen LogP contribution is 2.34. The molecule has 4 rings (SSSR count). The van der Waals surface area contributed by atoms with E-state index < -0.39 is 9.84 Å². The van der Waals surface area contributed by atoms with Crippen LogP contribution in [0.15, 0.2) is 36.4 Å². The molecule has 0 aliphatic carbocycles. The number of aryl methyl sites for hydroxylation is 4. The Bertz CT molecular complexity index is 1230. The van der Waals surface area contributed by atoms with Gasteiger partial charge in [-0.15, -0.1) is 0 Å². The molecule has 2 heterocycles. The standard InChI is InChI=1S/C22H23N3O3S/c1-13-9-15(3)20(16(4)10-13)22(26)23-21-17-11-29(27,28)12-18(17)24-25(21)19-8-6-5-7-14(19)2/h5-10H,11-12H2,1-4H3,(H,23,26). The van der Waals surface area contributed by atoms with Crippen LogP contribution < -0.4 is 5.32 Å². The third kappa shape index (κ3) is 3.46. The van der Waals surface area contributed by atoms with Crippen LogP contribution in [0.3, 0.4) is 0 Å². The number of aromatic nitrogens is 2. The van der Waals surface area contributed by atoms with Gasteiger partial charge in [-0.25, -0.2) is 13.1 Å². The molecule has 0 saturated heterocycles. The van der Waals surface area contributed by atoms with Crippen molar-refractivity contribution in [3.8, 4) is 5.69 Å². The zero-order valence-electron chi connectivity index (χ0n) is 16.9. The lowest BCUT2D eigenvalue weighted by molar-refractivity contribution is 0.102. The fourth-order valence-corrected chi connectivity index (χ4v) is 5.55. The Morgan fingerprint density at radius 2 is 1.66 bits per heavy atom. The minimum absolute atomic E-state index is 0.104. The highest BCUT2D eigenvalue weighted by atomic mass is 32.2. The molecule has 7 heteroatoms. The summed E-state index contributed by atoms with van der Waals surface area (Å²) >= 11 is 0. The molecule has 0 spiro atoms. The van der Waals surface area contributed by atoms with E-state index >= 15 is 0 Å². The van der Waals surface area contributed by atoms with Crippen LogP contribution in [0.1, 0.15) is 43.9 Å². The predicted molar refractivity (Wildman–Crippen MR) is 113 cm³/mol. The maximum atomic E-state index is 13.2. The molecule has 150 valence electrons. The lowest BCUT2D eigenvalue weighted by Crippen LogP contribution is -2.19. The van der Waals surface area contributed by atoms with Crippen LogP contribution in [0.2, 0.25) is 0 Å². The molecule has 1 aliphatic rings. The molecule has 2 aromatic carbocycles. The number of sulfone groups is 1. The Morgan fingerprint density at radius 1 is 1.00 bits per heavy atom. The number of amides is 1. The number of para-hydroxylation sites is 1. The molecular weight excluding hydrogens is 386 g/mol. The van der Waals surface area contributed by atoms with Gasteiger partial charge in [-0.05, 0) is 50.5 Å². The van der Waals surface area contributed by atoms with Crippen molar-refractivity contribution >= 4 is 21.6 Å². The molecule has 1 aromatic heterocycles. The van der Waals surface area contributed by atoms with Crippen LogP contribution in [0.25, 0.3) is 5.69 Å². The van der Waals surface area contributed by atoms with Crippen molar-refractivity contribution in [2.45, 2.75) is 39.2 Å². The highest BCUT2D eigenvalue weighted by molar-refractivity contribution is 7.90. The summed E-state index contributed by atoms with van der Waals surface area (Å²) in [5, 5.41) is 7.51. The minimum atomic E-state index is -3.24. The molecular formula is C22H23N3O3S. The zero-order chi connectivity index (χ0) is 20.9. The SMILES string of the molecule is Cc1cc(C)c(C(=O)Nc2c3c(nn2-c2ccccc2C)CS(=O)(=O)C3)c(C)c1. The van der Waals surface area contributed by atoms with Crippen LogP contribution in [0.5, 0.6) is 0 Å². The van der Waals surface area contributed by atoms with E-state index in [0.29, 0.717) is 22.6 Å². The van der Waals surface area contributed by atoms with E-state index in [9.17, 15) is 13.2 Å². The average molecular weight is 410 g/mol. The maximum Gasteiger partial charge on any atom is 0.257 e. The predicted octanol–water partition coefficient (Wildman–Crippen LogP) is 3.79. The smallest absolute Gasteiger partial charge is 0.257 e. The Hall–Kier alpha value is -2.93. The number of carbonyl (C=O) groups is 1. The molecule has 3 aromatic rings. The van der Waals surface area contributed by atoms with E-state index in [2.05, 4.69) is 10.4 Å². The number of hydrogen-bond acceptors (Lipinski definition) is 4. The molecule has 6 nitrogen and oxygen atoms in total. The summed E-state index contributed by atoms with van der Waals surface area (Å²) in [7, 11) is -3.24. The third-order valence-corrected chi connectivity index (χ3v) is 6.71. The van der Waals surface area contributed by atoms with Crippen molar-refractivity contribution in [2.24, 2.45) is 0 Å². The molecule has 1 amide bonds. The van der Waals surface area contributed by atoms with Crippen molar-refractivity contribution < 1.29 is 13.2 Å². The van der Waals surface area contributed by atoms with Crippen LogP contribution in [-0.2, 0) is 21.3 Å². The zero-order valence-corrected chi connectivity index (χ0v) is 17.7. The van der Waals surface area contributed by atoms with Crippen molar-refractivity contribution in [3.63, 3.8) is 0 Å². The van der Waals surface area contributed by atoms with Gasteiger partial charge in [0.2, 0.25) is 0 Å². The Labute approximate surface area is 170 Å². The molecule has 1 N–H and O–H groups in total. The van der Waals surface area contributed by atoms with E-state index in [1.54, 1.807) is 4.68 Å². The number of rotatable bonds is 3. The number of nitrogens with zero attached hydrogens (tertiary/aromatic N) is 2. The van der Waals surface area contributed by atoms with E-state index in [1.165, 1.54) is 0 Å². The van der Waals surface area contributed by atoms with Gasteiger partial charge in [-0.2, -0.15) is 5.10 Å². The highest BCUT2D eigenvalue weighted by Gasteiger charge is 2.33. The van der Waals surface area contributed by atoms with Crippen molar-refractivity contribution in [3.05, 3.63) is 75.5 Å². The van der Waals surface area contributed by atoms with Gasteiger partial charge < -0.3 is 5.32 Å². The van der Waals surface area contributed by atoms with Crippen LogP contribution >= 0.6 is 0 Å². The van der Waals surface area contributed by atoms with Gasteiger partial charge in [0.25, 0.3) is 5.91 Å². The summed E-state index contributed by atoms with van der Waals surface area (Å²) in [6.45, 7) is 7.76. The number of benzene rings is 2. The molecule has 0 radical (unpaired) electrons. The molecule has 0 bridgehead atoms. The molecule has 0 atom stereocenters. The molecule has 0 fully saturated rings. The van der Waals surface area contributed by atoms with Gasteiger partial charge in [-0.3, -0.25) is 4.79 Å². The van der Waals surface area contributed by atoms with E-state index in [1.807, 2.05) is 64.1 Å². The first-order valence-electron chi connectivity index (χ1n) is 9.42. The lowest BCUT2D eigenvalue weighted by atomic mass is 9.99. The van der Waals surface area contributed by atoms with Gasteiger partial charge in [0, 0.05) is 11.1 Å². The second-order valence-corrected chi connectivity index (χ2v) is 9.80. The Kier molecular flexibility index (Phi) is 4.58. The Morgan fingerprint density at radius 3 is 2.31 bits per heavy atom. The summed E-state index contributed by atoms with van der Waals surface area (Å²) in [5.41, 5.74) is 6.32. The van der Waals surface area contributed by atoms with Gasteiger partial charge >= 0.3 is 0 Å². The largest absolute Gasteiger partial charge is 0.306 e. The normalized spacial score (nSPS) is 14.6. The molecule has 1 aliphatic heterocycles. The first-order chi connectivity index (χ1) is 13.7. The molecule has 29 heavy (non-hydrogen) atoms. The van der Waals surface area contributed by atoms with Crippen molar-refractivity contribution in [2.75, 3.05) is 5.32 Å². The topological polar surface area (TPSA) is 81.1 Å². The summed E-state index contributed by atoms with van der Waals surface area (Å²) in [6.07, 6.45) is 0. The van der Waals surface area contributed by atoms with Crippen molar-refractivity contribution in [1.82, 2.24) is 9.78 Å². The van der Waals surface area contributed by atoms with E-state index in [0.717, 1.165) is 27.9 Å². The average Bonchev–Trinajstić information content (AvgIpc) is 3.07. The fourth-order valence-electron chi connectivity index (χ4n) is 4.05. The maximum absolute atomic E-state index is 13.2. The monoisotopic (exact) mass is 409 g/mol. The summed E-state index contributed by atoms with van der Waals surface area (Å²) in [5.74, 6) is -0.0517. The number of anilines is 1. The first-order valence-corrected chi connectivity index (χ1v) is 11.2. The summed E-state index contributed by atoms with van der Waals surface area (Å²) in [4.78, 5) is 13.2. The Balaban J connectivity index is 1.83. The van der Waals surface area contributed by atoms with Gasteiger partial charge in [0.1, 0.15) is 5.82 Å². The van der Waals surface area contributed by atoms with Gasteiger partial charge in [-0.1, -0.05) is 35.9 Å². The second kappa shape index (κ2) is 6.84. The van der Waals surface area contributed by atoms with Crippen LogP contribution in [0.4, 0.5) is 5.82 Å². The van der Waals surface area contributed by atoms with Crippen molar-refractivity contribution in [1.29, 1.82) is 0 Å². The number of nitrogens with one attached hydrogen (secondary N) is 1. The van der Waals surface area contributed by atoms with Gasteiger partial charge in [0.05, 0.1) is 22.9 Å². The lowest BCUT2D eigenvalue weighted by Gasteiger charge is -2.15. The summed E-state index contributed by atoms with van der Waals surface area (Å²) < 4.78 is 26.0. The van der Waals surface area contributed by atoms with Crippen LogP contribution in [-0.4, -0.2) is 24.1 Å². The third-order valence-electron chi connectivity index (χ3n) is 5.27. The van der Waals surface area contributed by atoms with E-state index in [4.69, 9.17) is 0 Å². The first kappa shape index (κ1) is 19.4. The van der Waals surface area contributed by atoms with Gasteiger partial charge in [0.15, 0.2) is 9.84 Å². The fraction of sp³-hybridized carbons (Fsp3) is 0.273. The minimum Gasteiger partial charge on any atom is -0.306 e. The number of carbonyl (C=O) groups excluding carboxylic acids is 1. The van der Waals surface area contributed by atoms with E-state index in [-0.39, 0.29) is 17.4 Å². The quantitative estimate of drug-likeness (QED) is 0.714. The number of hydrogen-bond donors (Lipinski definition) is 1. The molecule has 0 saturated carbocycles. The van der Waals surface area contributed by atoms with Crippen LogP contribution in [0, 0.1) is 27.7 Å². The second-order valence-electron chi connectivity index (χ2n) is 7.73. The summed E-state index contributed by atoms with van der Waals surface area (Å²) in [6, 6.07) is 11.6. The number of fused-ring (bicyclic) bond motifs is 1.